The summed E-state index contributed by atoms with van der Waals surface area (Å²) in [5, 5.41) is 27.5. The summed E-state index contributed by atoms with van der Waals surface area (Å²) in [5.74, 6) is -4.39. The number of nitrogens with zero attached hydrogens (tertiary/aromatic N) is 1. The second-order valence-electron chi connectivity index (χ2n) is 5.27. The molecule has 1 saturated heterocycles. The number of benzene rings is 1. The van der Waals surface area contributed by atoms with E-state index in [2.05, 4.69) is 0 Å². The number of carboxylic acids is 1. The Labute approximate surface area is 134 Å². The van der Waals surface area contributed by atoms with Gasteiger partial charge in [0.2, 0.25) is 5.91 Å². The maximum atomic E-state index is 13.7. The Morgan fingerprint density at radius 2 is 2.17 bits per heavy atom. The van der Waals surface area contributed by atoms with E-state index in [1.807, 2.05) is 0 Å². The van der Waals surface area contributed by atoms with Crippen LogP contribution in [-0.4, -0.2) is 43.2 Å². The van der Waals surface area contributed by atoms with E-state index in [0.29, 0.717) is 5.75 Å². The molecule has 2 atom stereocenters. The van der Waals surface area contributed by atoms with Gasteiger partial charge < -0.3 is 21.1 Å². The number of rotatable bonds is 3. The number of carbonyl (C=O) groups excluding carboxylic acids is 1. The molecular weight excluding hydrogens is 327 g/mol. The number of thioether (sulfide) groups is 1. The summed E-state index contributed by atoms with van der Waals surface area (Å²) >= 11 is 1.40. The van der Waals surface area contributed by atoms with Gasteiger partial charge in [-0.05, 0) is 24.1 Å². The molecule has 0 saturated carbocycles. The van der Waals surface area contributed by atoms with Crippen LogP contribution in [0, 0.1) is 11.7 Å². The van der Waals surface area contributed by atoms with Crippen LogP contribution in [0.15, 0.2) is 17.8 Å². The molecule has 23 heavy (non-hydrogen) atoms. The monoisotopic (exact) mass is 340 g/mol. The van der Waals surface area contributed by atoms with Crippen molar-refractivity contribution in [1.29, 1.82) is 0 Å². The SMILES string of the molecule is Nc1c(CC2C(=O)N3C(C(=O)O)=CCSC23)cc(O)c(O)c1F. The van der Waals surface area contributed by atoms with Crippen molar-refractivity contribution in [1.82, 2.24) is 4.90 Å². The third-order valence-electron chi connectivity index (χ3n) is 3.96. The van der Waals surface area contributed by atoms with Crippen LogP contribution in [0.2, 0.25) is 0 Å². The highest BCUT2D eigenvalue weighted by Crippen LogP contribution is 2.44. The van der Waals surface area contributed by atoms with Crippen molar-refractivity contribution in [3.8, 4) is 11.5 Å². The number of halogens is 1. The van der Waals surface area contributed by atoms with Crippen LogP contribution in [0.4, 0.5) is 10.1 Å². The number of hydrogen-bond acceptors (Lipinski definition) is 6. The van der Waals surface area contributed by atoms with E-state index in [4.69, 9.17) is 10.8 Å². The van der Waals surface area contributed by atoms with Crippen molar-refractivity contribution in [2.45, 2.75) is 11.8 Å². The maximum absolute atomic E-state index is 13.7. The van der Waals surface area contributed by atoms with Crippen molar-refractivity contribution in [3.63, 3.8) is 0 Å². The molecule has 122 valence electrons. The van der Waals surface area contributed by atoms with Gasteiger partial charge in [0.15, 0.2) is 17.3 Å². The fourth-order valence-electron chi connectivity index (χ4n) is 2.77. The molecule has 0 bridgehead atoms. The van der Waals surface area contributed by atoms with Crippen LogP contribution in [0.1, 0.15) is 5.56 Å². The van der Waals surface area contributed by atoms with Gasteiger partial charge >= 0.3 is 5.97 Å². The first-order valence-electron chi connectivity index (χ1n) is 6.69. The van der Waals surface area contributed by atoms with Gasteiger partial charge in [0.25, 0.3) is 0 Å². The van der Waals surface area contributed by atoms with Gasteiger partial charge in [-0.25, -0.2) is 9.18 Å². The molecule has 3 rings (SSSR count). The third kappa shape index (κ3) is 2.27. The van der Waals surface area contributed by atoms with Crippen molar-refractivity contribution in [2.75, 3.05) is 11.5 Å². The average Bonchev–Trinajstić information content (AvgIpc) is 2.53. The summed E-state index contributed by atoms with van der Waals surface area (Å²) in [6.07, 6.45) is 1.52. The molecule has 0 spiro atoms. The zero-order chi connectivity index (χ0) is 16.9. The molecule has 1 aromatic carbocycles. The van der Waals surface area contributed by atoms with Gasteiger partial charge in [-0.15, -0.1) is 11.8 Å². The molecular formula is C14H13FN2O5S. The molecule has 1 fully saturated rings. The number of phenols is 2. The molecule has 1 amide bonds. The number of aliphatic carboxylic acids is 1. The number of β-lactam (4-membered cyclic amide) rings is 1. The largest absolute Gasteiger partial charge is 0.504 e. The molecule has 0 aromatic heterocycles. The van der Waals surface area contributed by atoms with Crippen molar-refractivity contribution < 1.29 is 29.3 Å². The number of phenolic OH excluding ortho intramolecular Hbond substituents is 2. The molecule has 9 heteroatoms. The van der Waals surface area contributed by atoms with E-state index >= 15 is 0 Å². The predicted octanol–water partition coefficient (Wildman–Crippen LogP) is 0.861. The molecule has 2 unspecified atom stereocenters. The fourth-order valence-corrected chi connectivity index (χ4v) is 4.03. The molecule has 2 heterocycles. The van der Waals surface area contributed by atoms with E-state index in [9.17, 15) is 24.2 Å². The number of amides is 1. The Morgan fingerprint density at radius 3 is 2.83 bits per heavy atom. The van der Waals surface area contributed by atoms with E-state index in [1.54, 1.807) is 0 Å². The average molecular weight is 340 g/mol. The van der Waals surface area contributed by atoms with Crippen molar-refractivity contribution in [2.24, 2.45) is 5.92 Å². The highest BCUT2D eigenvalue weighted by molar-refractivity contribution is 8.00. The van der Waals surface area contributed by atoms with Gasteiger partial charge in [-0.2, -0.15) is 0 Å². The number of aromatic hydroxyl groups is 2. The number of carboxylic acid groups (broad SMARTS) is 1. The van der Waals surface area contributed by atoms with E-state index in [1.165, 1.54) is 22.7 Å². The Hall–Kier alpha value is -2.42. The van der Waals surface area contributed by atoms with E-state index in [0.717, 1.165) is 6.07 Å². The number of carbonyl (C=O) groups is 2. The molecule has 7 nitrogen and oxygen atoms in total. The van der Waals surface area contributed by atoms with Crippen LogP contribution < -0.4 is 5.73 Å². The lowest BCUT2D eigenvalue weighted by Crippen LogP contribution is -2.61. The zero-order valence-corrected chi connectivity index (χ0v) is 12.5. The maximum Gasteiger partial charge on any atom is 0.352 e. The Balaban J connectivity index is 1.85. The van der Waals surface area contributed by atoms with E-state index < -0.39 is 29.2 Å². The van der Waals surface area contributed by atoms with Crippen LogP contribution in [-0.2, 0) is 16.0 Å². The smallest absolute Gasteiger partial charge is 0.352 e. The number of fused-ring (bicyclic) bond motifs is 1. The van der Waals surface area contributed by atoms with E-state index in [-0.39, 0.29) is 34.6 Å². The lowest BCUT2D eigenvalue weighted by molar-refractivity contribution is -0.152. The first kappa shape index (κ1) is 15.5. The fraction of sp³-hybridized carbons (Fsp3) is 0.286. The summed E-state index contributed by atoms with van der Waals surface area (Å²) in [6.45, 7) is 0. The normalized spacial score (nSPS) is 23.1. The first-order valence-corrected chi connectivity index (χ1v) is 7.74. The molecule has 5 N–H and O–H groups in total. The Kier molecular flexibility index (Phi) is 3.59. The number of nitrogens with two attached hydrogens (primary N) is 1. The second kappa shape index (κ2) is 5.34. The van der Waals surface area contributed by atoms with Crippen LogP contribution in [0.5, 0.6) is 11.5 Å². The van der Waals surface area contributed by atoms with Gasteiger partial charge in [-0.1, -0.05) is 0 Å². The third-order valence-corrected chi connectivity index (χ3v) is 5.20. The molecule has 1 aromatic rings. The molecule has 2 aliphatic rings. The second-order valence-corrected chi connectivity index (χ2v) is 6.42. The molecule has 0 radical (unpaired) electrons. The summed E-state index contributed by atoms with van der Waals surface area (Å²) in [5.41, 5.74) is 5.40. The van der Waals surface area contributed by atoms with Crippen LogP contribution >= 0.6 is 11.8 Å². The zero-order valence-electron chi connectivity index (χ0n) is 11.7. The Morgan fingerprint density at radius 1 is 1.48 bits per heavy atom. The first-order chi connectivity index (χ1) is 10.8. The summed E-state index contributed by atoms with van der Waals surface area (Å²) in [6, 6.07) is 1.12. The van der Waals surface area contributed by atoms with Crippen LogP contribution in [0.3, 0.4) is 0 Å². The van der Waals surface area contributed by atoms with Gasteiger partial charge in [0.1, 0.15) is 5.70 Å². The van der Waals surface area contributed by atoms with Gasteiger partial charge in [-0.3, -0.25) is 9.69 Å². The minimum atomic E-state index is -1.17. The van der Waals surface area contributed by atoms with Crippen molar-refractivity contribution in [3.05, 3.63) is 29.2 Å². The molecule has 0 aliphatic carbocycles. The predicted molar refractivity (Wildman–Crippen MR) is 80.1 cm³/mol. The number of anilines is 1. The summed E-state index contributed by atoms with van der Waals surface area (Å²) < 4.78 is 13.7. The summed E-state index contributed by atoms with van der Waals surface area (Å²) in [4.78, 5) is 24.6. The summed E-state index contributed by atoms with van der Waals surface area (Å²) in [7, 11) is 0. The van der Waals surface area contributed by atoms with Crippen LogP contribution in [0.25, 0.3) is 0 Å². The highest BCUT2D eigenvalue weighted by atomic mass is 32.2. The van der Waals surface area contributed by atoms with Crippen molar-refractivity contribution >= 4 is 29.3 Å². The Bertz CT molecular complexity index is 751. The lowest BCUT2D eigenvalue weighted by atomic mass is 9.88. The standard InChI is InChI=1S/C14H13FN2O5S/c15-9-10(16)5(4-8(18)11(9)19)3-6-12(20)17-7(14(21)22)1-2-23-13(6)17/h1,4,6,13,18-19H,2-3,16H2,(H,21,22). The highest BCUT2D eigenvalue weighted by Gasteiger charge is 2.51. The van der Waals surface area contributed by atoms with Gasteiger partial charge in [0, 0.05) is 5.75 Å². The minimum absolute atomic E-state index is 0.0521. The number of nitrogen functional groups attached to an aromatic ring is 1. The minimum Gasteiger partial charge on any atom is -0.504 e. The lowest BCUT2D eigenvalue weighted by Gasteiger charge is -2.48. The van der Waals surface area contributed by atoms with Gasteiger partial charge in [0.05, 0.1) is 17.0 Å². The molecule has 2 aliphatic heterocycles. The topological polar surface area (TPSA) is 124 Å². The quantitative estimate of drug-likeness (QED) is 0.278. The number of hydrogen-bond donors (Lipinski definition) is 4.